The molecule has 134 valence electrons. The molecule has 1 N–H and O–H groups in total. The first-order valence-electron chi connectivity index (χ1n) is 8.73. The van der Waals surface area contributed by atoms with Gasteiger partial charge < -0.3 is 14.8 Å². The lowest BCUT2D eigenvalue weighted by atomic mass is 9.86. The Kier molecular flexibility index (Phi) is 10.3. The van der Waals surface area contributed by atoms with Crippen LogP contribution in [0.15, 0.2) is 54.6 Å². The summed E-state index contributed by atoms with van der Waals surface area (Å²) in [6.07, 6.45) is 5.18. The highest BCUT2D eigenvalue weighted by molar-refractivity contribution is 5.17. The minimum absolute atomic E-state index is 0.348. The molecule has 0 radical (unpaired) electrons. The normalized spacial score (nSPS) is 14.6. The molecule has 0 spiro atoms. The van der Waals surface area contributed by atoms with E-state index < -0.39 is 0 Å². The predicted molar refractivity (Wildman–Crippen MR) is 102 cm³/mol. The van der Waals surface area contributed by atoms with E-state index in [4.69, 9.17) is 9.47 Å². The largest absolute Gasteiger partial charge is 0.359 e. The number of rotatable bonds is 12. The average Bonchev–Trinajstić information content (AvgIpc) is 2.59. The number of nitrogens with one attached hydrogen (secondary N) is 1. The molecule has 1 rings (SSSR count). The van der Waals surface area contributed by atoms with Crippen LogP contribution in [0.3, 0.4) is 0 Å². The Morgan fingerprint density at radius 3 is 2.54 bits per heavy atom. The van der Waals surface area contributed by atoms with Crippen molar-refractivity contribution in [3.8, 4) is 0 Å². The summed E-state index contributed by atoms with van der Waals surface area (Å²) < 4.78 is 10.5. The number of hydrogen-bond acceptors (Lipinski definition) is 3. The van der Waals surface area contributed by atoms with Crippen molar-refractivity contribution in [2.45, 2.75) is 39.8 Å². The topological polar surface area (TPSA) is 30.5 Å². The summed E-state index contributed by atoms with van der Waals surface area (Å²) in [5.74, 6) is 0.915. The Hall–Kier alpha value is -1.42. The van der Waals surface area contributed by atoms with E-state index in [-0.39, 0.29) is 0 Å². The summed E-state index contributed by atoms with van der Waals surface area (Å²) >= 11 is 0. The second-order valence-electron chi connectivity index (χ2n) is 6.52. The summed E-state index contributed by atoms with van der Waals surface area (Å²) in [7, 11) is 1.65. The minimum atomic E-state index is 0.348. The molecule has 3 heteroatoms. The van der Waals surface area contributed by atoms with Crippen molar-refractivity contribution in [1.82, 2.24) is 5.32 Å². The minimum Gasteiger partial charge on any atom is -0.359 e. The number of benzene rings is 1. The molecule has 0 saturated carbocycles. The zero-order chi connectivity index (χ0) is 17.8. The van der Waals surface area contributed by atoms with Crippen LogP contribution in [0.25, 0.3) is 0 Å². The third-order valence-corrected chi connectivity index (χ3v) is 4.16. The van der Waals surface area contributed by atoms with Crippen LogP contribution in [0.4, 0.5) is 0 Å². The van der Waals surface area contributed by atoms with E-state index in [1.165, 1.54) is 11.1 Å². The fourth-order valence-corrected chi connectivity index (χ4v) is 2.85. The molecule has 0 heterocycles. The fraction of sp³-hybridized carbons (Fsp3) is 0.524. The Morgan fingerprint density at radius 1 is 1.25 bits per heavy atom. The van der Waals surface area contributed by atoms with Gasteiger partial charge in [-0.05, 0) is 30.7 Å². The van der Waals surface area contributed by atoms with Crippen molar-refractivity contribution < 1.29 is 9.47 Å². The van der Waals surface area contributed by atoms with Crippen molar-refractivity contribution in [2.75, 3.05) is 20.5 Å². The SMILES string of the molecule is C=C/C(C)=C\[C@@H](CCOCOC)[C@@H](NCc1ccccc1)C(C)C. The van der Waals surface area contributed by atoms with Gasteiger partial charge in [-0.3, -0.25) is 0 Å². The summed E-state index contributed by atoms with van der Waals surface area (Å²) in [4.78, 5) is 0. The van der Waals surface area contributed by atoms with E-state index in [2.05, 4.69) is 69.1 Å². The number of hydrogen-bond donors (Lipinski definition) is 1. The van der Waals surface area contributed by atoms with E-state index in [0.717, 1.165) is 13.0 Å². The maximum atomic E-state index is 5.52. The molecule has 0 aliphatic heterocycles. The van der Waals surface area contributed by atoms with E-state index in [1.807, 2.05) is 6.08 Å². The average molecular weight is 332 g/mol. The van der Waals surface area contributed by atoms with Crippen molar-refractivity contribution >= 4 is 0 Å². The summed E-state index contributed by atoms with van der Waals surface area (Å²) in [6, 6.07) is 10.9. The fourth-order valence-electron chi connectivity index (χ4n) is 2.85. The molecule has 0 amide bonds. The molecule has 0 unspecified atom stereocenters. The molecule has 0 aliphatic rings. The van der Waals surface area contributed by atoms with Gasteiger partial charge in [0.05, 0.1) is 6.61 Å². The highest BCUT2D eigenvalue weighted by Gasteiger charge is 2.22. The van der Waals surface area contributed by atoms with Gasteiger partial charge in [0.25, 0.3) is 0 Å². The van der Waals surface area contributed by atoms with Gasteiger partial charge in [0.15, 0.2) is 0 Å². The molecular formula is C21H33NO2. The molecule has 3 nitrogen and oxygen atoms in total. The van der Waals surface area contributed by atoms with Crippen LogP contribution in [0.5, 0.6) is 0 Å². The van der Waals surface area contributed by atoms with Crippen LogP contribution < -0.4 is 5.32 Å². The summed E-state index contributed by atoms with van der Waals surface area (Å²) in [5, 5.41) is 3.74. The van der Waals surface area contributed by atoms with Crippen molar-refractivity contribution in [3.63, 3.8) is 0 Å². The van der Waals surface area contributed by atoms with Gasteiger partial charge in [0.2, 0.25) is 0 Å². The van der Waals surface area contributed by atoms with Gasteiger partial charge in [-0.25, -0.2) is 0 Å². The second kappa shape index (κ2) is 12.0. The van der Waals surface area contributed by atoms with E-state index in [9.17, 15) is 0 Å². The molecule has 0 aliphatic carbocycles. The second-order valence-corrected chi connectivity index (χ2v) is 6.52. The van der Waals surface area contributed by atoms with Crippen molar-refractivity contribution in [3.05, 3.63) is 60.2 Å². The Bertz CT molecular complexity index is 482. The van der Waals surface area contributed by atoms with Gasteiger partial charge in [-0.1, -0.05) is 68.5 Å². The van der Waals surface area contributed by atoms with E-state index in [1.54, 1.807) is 7.11 Å². The standard InChI is InChI=1S/C21H33NO2/c1-6-18(4)14-20(12-13-24-16-23-5)21(17(2)3)22-15-19-10-8-7-9-11-19/h6-11,14,17,20-22H,1,12-13,15-16H2,2-5H3/b18-14-/t20-,21+/m1/s1. The molecule has 0 fully saturated rings. The molecule has 24 heavy (non-hydrogen) atoms. The zero-order valence-corrected chi connectivity index (χ0v) is 15.6. The van der Waals surface area contributed by atoms with Crippen LogP contribution in [-0.2, 0) is 16.0 Å². The molecule has 1 aromatic carbocycles. The van der Waals surface area contributed by atoms with Crippen molar-refractivity contribution in [2.24, 2.45) is 11.8 Å². The third-order valence-electron chi connectivity index (χ3n) is 4.16. The summed E-state index contributed by atoms with van der Waals surface area (Å²) in [5.41, 5.74) is 2.51. The first-order valence-corrected chi connectivity index (χ1v) is 8.73. The lowest BCUT2D eigenvalue weighted by Crippen LogP contribution is -2.40. The maximum Gasteiger partial charge on any atom is 0.146 e. The smallest absolute Gasteiger partial charge is 0.146 e. The highest BCUT2D eigenvalue weighted by atomic mass is 16.7. The van der Waals surface area contributed by atoms with Crippen LogP contribution in [-0.4, -0.2) is 26.6 Å². The molecule has 1 aromatic rings. The Morgan fingerprint density at radius 2 is 1.96 bits per heavy atom. The van der Waals surface area contributed by atoms with Gasteiger partial charge in [0.1, 0.15) is 6.79 Å². The number of ether oxygens (including phenoxy) is 2. The molecule has 0 aromatic heterocycles. The molecule has 0 saturated heterocycles. The van der Waals surface area contributed by atoms with Crippen LogP contribution >= 0.6 is 0 Å². The van der Waals surface area contributed by atoms with Crippen LogP contribution in [0.1, 0.15) is 32.8 Å². The van der Waals surface area contributed by atoms with Gasteiger partial charge >= 0.3 is 0 Å². The van der Waals surface area contributed by atoms with Gasteiger partial charge in [-0.2, -0.15) is 0 Å². The summed E-state index contributed by atoms with van der Waals surface area (Å²) in [6.45, 7) is 12.4. The van der Waals surface area contributed by atoms with Crippen LogP contribution in [0.2, 0.25) is 0 Å². The quantitative estimate of drug-likeness (QED) is 0.346. The molecule has 2 atom stereocenters. The number of methoxy groups -OCH3 is 1. The van der Waals surface area contributed by atoms with Crippen molar-refractivity contribution in [1.29, 1.82) is 0 Å². The zero-order valence-electron chi connectivity index (χ0n) is 15.6. The number of allylic oxidation sites excluding steroid dienone is 2. The lowest BCUT2D eigenvalue weighted by molar-refractivity contribution is -0.0345. The van der Waals surface area contributed by atoms with Gasteiger partial charge in [-0.15, -0.1) is 0 Å². The van der Waals surface area contributed by atoms with Crippen LogP contribution in [0, 0.1) is 11.8 Å². The lowest BCUT2D eigenvalue weighted by Gasteiger charge is -2.30. The first-order chi connectivity index (χ1) is 11.6. The van der Waals surface area contributed by atoms with Gasteiger partial charge in [0, 0.05) is 19.7 Å². The Balaban J connectivity index is 2.76. The Labute approximate surface area is 147 Å². The predicted octanol–water partition coefficient (Wildman–Crippen LogP) is 4.56. The molecule has 0 bridgehead atoms. The third kappa shape index (κ3) is 7.91. The van der Waals surface area contributed by atoms with E-state index in [0.29, 0.717) is 31.3 Å². The monoisotopic (exact) mass is 331 g/mol. The van der Waals surface area contributed by atoms with E-state index >= 15 is 0 Å². The maximum absolute atomic E-state index is 5.52. The highest BCUT2D eigenvalue weighted by Crippen LogP contribution is 2.21. The molecular weight excluding hydrogens is 298 g/mol. The first kappa shape index (κ1) is 20.6.